The van der Waals surface area contributed by atoms with Crippen LogP contribution in [0.4, 0.5) is 0 Å². The van der Waals surface area contributed by atoms with Gasteiger partial charge in [-0.25, -0.2) is 0 Å². The predicted molar refractivity (Wildman–Crippen MR) is 36.5 cm³/mol. The van der Waals surface area contributed by atoms with Crippen molar-refractivity contribution in [2.75, 3.05) is 7.11 Å². The van der Waals surface area contributed by atoms with E-state index in [1.165, 1.54) is 19.4 Å². The first-order valence-corrected chi connectivity index (χ1v) is 2.44. The van der Waals surface area contributed by atoms with Crippen LogP contribution in [0.5, 0.6) is 0 Å². The number of rotatable bonds is 2. The van der Waals surface area contributed by atoms with Crippen LogP contribution in [0, 0.1) is 11.5 Å². The molecule has 0 rings (SSSR count). The second-order valence-corrected chi connectivity index (χ2v) is 1.39. The van der Waals surface area contributed by atoms with E-state index in [0.29, 0.717) is 0 Å². The van der Waals surface area contributed by atoms with Gasteiger partial charge < -0.3 is 16.2 Å². The first-order valence-electron chi connectivity index (χ1n) is 2.44. The number of ether oxygens (including phenoxy) is 1. The van der Waals surface area contributed by atoms with Crippen molar-refractivity contribution in [2.45, 2.75) is 0 Å². The monoisotopic (exact) mass is 140 g/mol. The van der Waals surface area contributed by atoms with Gasteiger partial charge in [0.2, 0.25) is 6.19 Å². The van der Waals surface area contributed by atoms with E-state index in [-0.39, 0.29) is 11.7 Å². The minimum atomic E-state index is 0.0295. The summed E-state index contributed by atoms with van der Waals surface area (Å²) in [4.78, 5) is 3.18. The largest absolute Gasteiger partial charge is 0.483 e. The van der Waals surface area contributed by atoms with Gasteiger partial charge >= 0.3 is 0 Å². The molecule has 0 heterocycles. The van der Waals surface area contributed by atoms with E-state index in [2.05, 4.69) is 9.73 Å². The second-order valence-electron chi connectivity index (χ2n) is 1.39. The number of aliphatic imine (C=N–C) groups is 1. The summed E-state index contributed by atoms with van der Waals surface area (Å²) < 4.78 is 4.54. The Kier molecular flexibility index (Phi) is 3.49. The van der Waals surface area contributed by atoms with Crippen molar-refractivity contribution >= 4 is 5.84 Å². The lowest BCUT2D eigenvalue weighted by atomic mass is 10.5. The Hall–Kier alpha value is -1.70. The van der Waals surface area contributed by atoms with Gasteiger partial charge in [0.25, 0.3) is 0 Å². The van der Waals surface area contributed by atoms with E-state index >= 15 is 0 Å². The van der Waals surface area contributed by atoms with Crippen molar-refractivity contribution in [1.29, 1.82) is 5.26 Å². The molecule has 4 N–H and O–H groups in total. The van der Waals surface area contributed by atoms with E-state index in [1.54, 1.807) is 0 Å². The maximum atomic E-state index is 7.99. The molecule has 5 nitrogen and oxygen atoms in total. The Balaban J connectivity index is 4.15. The van der Waals surface area contributed by atoms with Gasteiger partial charge in [-0.3, -0.25) is 0 Å². The molecule has 0 aromatic heterocycles. The number of methoxy groups -OCH3 is 1. The number of amidine groups is 1. The first kappa shape index (κ1) is 8.30. The van der Waals surface area contributed by atoms with Crippen LogP contribution >= 0.6 is 0 Å². The zero-order chi connectivity index (χ0) is 7.98. The molecule has 0 aromatic carbocycles. The lowest BCUT2D eigenvalue weighted by Gasteiger charge is -1.95. The highest BCUT2D eigenvalue weighted by molar-refractivity contribution is 5.92. The fourth-order valence-electron chi connectivity index (χ4n) is 0.295. The summed E-state index contributed by atoms with van der Waals surface area (Å²) in [6.45, 7) is 0. The van der Waals surface area contributed by atoms with Crippen LogP contribution in [-0.4, -0.2) is 12.9 Å². The maximum Gasteiger partial charge on any atom is 0.207 e. The number of nitriles is 1. The van der Waals surface area contributed by atoms with Crippen LogP contribution in [0.2, 0.25) is 0 Å². The molecule has 0 aliphatic carbocycles. The number of nitrogens with two attached hydrogens (primary N) is 2. The molecule has 5 heteroatoms. The van der Waals surface area contributed by atoms with Gasteiger partial charge in [0.1, 0.15) is 5.84 Å². The standard InChI is InChI=1S/C5H8N4O/c1-10-5(8)2-4(7)9-3-6/h2H,8H2,1H3,(H2,7,9)/b5-2+. The number of hydrogen-bond acceptors (Lipinski definition) is 4. The first-order chi connectivity index (χ1) is 4.70. The number of hydrogen-bond donors (Lipinski definition) is 2. The summed E-state index contributed by atoms with van der Waals surface area (Å²) in [5.41, 5.74) is 10.3. The lowest BCUT2D eigenvalue weighted by molar-refractivity contribution is 0.288. The van der Waals surface area contributed by atoms with Crippen LogP contribution in [0.3, 0.4) is 0 Å². The molecule has 0 fully saturated rings. The van der Waals surface area contributed by atoms with Crippen molar-refractivity contribution in [3.05, 3.63) is 12.0 Å². The van der Waals surface area contributed by atoms with Crippen LogP contribution in [0.15, 0.2) is 17.0 Å². The quantitative estimate of drug-likeness (QED) is 0.229. The van der Waals surface area contributed by atoms with Crippen molar-refractivity contribution in [1.82, 2.24) is 0 Å². The predicted octanol–water partition coefficient (Wildman–Crippen LogP) is -0.729. The summed E-state index contributed by atoms with van der Waals surface area (Å²) in [6.07, 6.45) is 2.76. The normalized spacial score (nSPS) is 12.4. The van der Waals surface area contributed by atoms with Gasteiger partial charge in [0, 0.05) is 6.08 Å². The minimum Gasteiger partial charge on any atom is -0.483 e. The highest BCUT2D eigenvalue weighted by atomic mass is 16.5. The topological polar surface area (TPSA) is 97.4 Å². The number of nitrogens with zero attached hydrogens (tertiary/aromatic N) is 2. The maximum absolute atomic E-state index is 7.99. The summed E-state index contributed by atoms with van der Waals surface area (Å²) in [5.74, 6) is 0.151. The average Bonchev–Trinajstić information content (AvgIpc) is 1.88. The zero-order valence-electron chi connectivity index (χ0n) is 5.53. The van der Waals surface area contributed by atoms with E-state index < -0.39 is 0 Å². The van der Waals surface area contributed by atoms with E-state index in [9.17, 15) is 0 Å². The Morgan fingerprint density at radius 2 is 2.30 bits per heavy atom. The Morgan fingerprint density at radius 1 is 1.70 bits per heavy atom. The molecule has 0 atom stereocenters. The van der Waals surface area contributed by atoms with Crippen LogP contribution in [0.25, 0.3) is 0 Å². The lowest BCUT2D eigenvalue weighted by Crippen LogP contribution is -2.11. The highest BCUT2D eigenvalue weighted by Crippen LogP contribution is 1.82. The molecule has 0 aliphatic rings. The van der Waals surface area contributed by atoms with Gasteiger partial charge in [-0.15, -0.1) is 0 Å². The van der Waals surface area contributed by atoms with Crippen molar-refractivity contribution in [3.8, 4) is 6.19 Å². The van der Waals surface area contributed by atoms with Gasteiger partial charge in [-0.2, -0.15) is 10.3 Å². The molecular weight excluding hydrogens is 132 g/mol. The van der Waals surface area contributed by atoms with Crippen LogP contribution in [0.1, 0.15) is 0 Å². The van der Waals surface area contributed by atoms with Crippen molar-refractivity contribution in [3.63, 3.8) is 0 Å². The zero-order valence-corrected chi connectivity index (χ0v) is 5.53. The minimum absolute atomic E-state index is 0.0295. The Labute approximate surface area is 58.6 Å². The van der Waals surface area contributed by atoms with E-state index in [4.69, 9.17) is 16.7 Å². The van der Waals surface area contributed by atoms with Gasteiger partial charge in [-0.1, -0.05) is 0 Å². The van der Waals surface area contributed by atoms with Gasteiger partial charge in [0.15, 0.2) is 5.88 Å². The van der Waals surface area contributed by atoms with Crippen molar-refractivity contribution in [2.24, 2.45) is 16.5 Å². The third-order valence-electron chi connectivity index (χ3n) is 0.705. The molecule has 0 unspecified atom stereocenters. The molecule has 0 radical (unpaired) electrons. The molecule has 0 saturated heterocycles. The van der Waals surface area contributed by atoms with Gasteiger partial charge in [0.05, 0.1) is 7.11 Å². The van der Waals surface area contributed by atoms with Crippen LogP contribution in [-0.2, 0) is 4.74 Å². The molecule has 0 spiro atoms. The highest BCUT2D eigenvalue weighted by Gasteiger charge is 1.87. The summed E-state index contributed by atoms with van der Waals surface area (Å²) >= 11 is 0. The molecule has 0 aliphatic heterocycles. The summed E-state index contributed by atoms with van der Waals surface area (Å²) in [5, 5.41) is 7.99. The summed E-state index contributed by atoms with van der Waals surface area (Å²) in [6, 6.07) is 0. The SMILES string of the molecule is CO/C(N)=C/C(N)=NC#N. The fraction of sp³-hybridized carbons (Fsp3) is 0.200. The molecule has 0 aromatic rings. The third-order valence-corrected chi connectivity index (χ3v) is 0.705. The Morgan fingerprint density at radius 3 is 2.70 bits per heavy atom. The van der Waals surface area contributed by atoms with Crippen molar-refractivity contribution < 1.29 is 4.74 Å². The van der Waals surface area contributed by atoms with Crippen LogP contribution < -0.4 is 11.5 Å². The Bertz CT molecular complexity index is 200. The molecule has 0 bridgehead atoms. The second kappa shape index (κ2) is 4.21. The smallest absolute Gasteiger partial charge is 0.207 e. The molecular formula is C5H8N4O. The summed E-state index contributed by atoms with van der Waals surface area (Å²) in [7, 11) is 1.39. The molecule has 0 amide bonds. The third kappa shape index (κ3) is 3.32. The fourth-order valence-corrected chi connectivity index (χ4v) is 0.295. The molecule has 10 heavy (non-hydrogen) atoms. The average molecular weight is 140 g/mol. The molecule has 54 valence electrons. The van der Waals surface area contributed by atoms with Gasteiger partial charge in [-0.05, 0) is 0 Å². The van der Waals surface area contributed by atoms with E-state index in [1.807, 2.05) is 0 Å². The molecule has 0 saturated carbocycles. The van der Waals surface area contributed by atoms with E-state index in [0.717, 1.165) is 0 Å².